The molecule has 2 nitrogen and oxygen atoms in total. The predicted octanol–water partition coefficient (Wildman–Crippen LogP) is 2.11. The molecule has 1 fully saturated rings. The van der Waals surface area contributed by atoms with Crippen LogP contribution in [0.3, 0.4) is 0 Å². The van der Waals surface area contributed by atoms with Gasteiger partial charge in [0.25, 0.3) is 0 Å². The van der Waals surface area contributed by atoms with Crippen molar-refractivity contribution in [1.82, 2.24) is 10.2 Å². The first-order valence-corrected chi connectivity index (χ1v) is 6.22. The van der Waals surface area contributed by atoms with Gasteiger partial charge in [0, 0.05) is 6.04 Å². The van der Waals surface area contributed by atoms with E-state index >= 15 is 0 Å². The minimum Gasteiger partial charge on any atom is -0.314 e. The molecule has 14 heavy (non-hydrogen) atoms. The molecule has 0 bridgehead atoms. The summed E-state index contributed by atoms with van der Waals surface area (Å²) < 4.78 is 0. The van der Waals surface area contributed by atoms with E-state index in [1.54, 1.807) is 0 Å². The number of rotatable bonds is 5. The molecule has 0 aliphatic carbocycles. The van der Waals surface area contributed by atoms with Gasteiger partial charge in [0.1, 0.15) is 0 Å². The molecule has 1 unspecified atom stereocenters. The van der Waals surface area contributed by atoms with Crippen molar-refractivity contribution in [1.29, 1.82) is 0 Å². The Labute approximate surface area is 89.1 Å². The SMILES string of the molecule is CCC(C)CNC1CCN(CC)CC1. The minimum absolute atomic E-state index is 0.784. The third-order valence-electron chi connectivity index (χ3n) is 3.49. The van der Waals surface area contributed by atoms with Gasteiger partial charge in [0.15, 0.2) is 0 Å². The molecule has 1 rings (SSSR count). The van der Waals surface area contributed by atoms with E-state index in [1.807, 2.05) is 0 Å². The van der Waals surface area contributed by atoms with Crippen LogP contribution in [-0.2, 0) is 0 Å². The van der Waals surface area contributed by atoms with Crippen molar-refractivity contribution >= 4 is 0 Å². The van der Waals surface area contributed by atoms with Crippen molar-refractivity contribution in [2.75, 3.05) is 26.2 Å². The second-order valence-corrected chi connectivity index (χ2v) is 4.63. The van der Waals surface area contributed by atoms with E-state index in [0.717, 1.165) is 12.0 Å². The van der Waals surface area contributed by atoms with Crippen LogP contribution in [0.15, 0.2) is 0 Å². The fourth-order valence-corrected chi connectivity index (χ4v) is 1.97. The molecule has 0 aromatic carbocycles. The summed E-state index contributed by atoms with van der Waals surface area (Å²) in [7, 11) is 0. The highest BCUT2D eigenvalue weighted by atomic mass is 15.1. The van der Waals surface area contributed by atoms with Crippen molar-refractivity contribution < 1.29 is 0 Å². The third kappa shape index (κ3) is 3.97. The minimum atomic E-state index is 0.784. The zero-order chi connectivity index (χ0) is 10.4. The fourth-order valence-electron chi connectivity index (χ4n) is 1.97. The van der Waals surface area contributed by atoms with Crippen LogP contribution >= 0.6 is 0 Å². The topological polar surface area (TPSA) is 15.3 Å². The van der Waals surface area contributed by atoms with Crippen LogP contribution in [0, 0.1) is 5.92 Å². The number of hydrogen-bond donors (Lipinski definition) is 1. The molecule has 0 saturated carbocycles. The van der Waals surface area contributed by atoms with Gasteiger partial charge in [-0.3, -0.25) is 0 Å². The van der Waals surface area contributed by atoms with E-state index in [1.165, 1.54) is 45.4 Å². The Morgan fingerprint density at radius 2 is 1.93 bits per heavy atom. The lowest BCUT2D eigenvalue weighted by Gasteiger charge is -2.32. The Morgan fingerprint density at radius 3 is 2.43 bits per heavy atom. The summed E-state index contributed by atoms with van der Waals surface area (Å²) in [5.74, 6) is 0.833. The Balaban J connectivity index is 2.10. The van der Waals surface area contributed by atoms with E-state index < -0.39 is 0 Å². The maximum Gasteiger partial charge on any atom is 0.00915 e. The van der Waals surface area contributed by atoms with Gasteiger partial charge in [0.05, 0.1) is 0 Å². The van der Waals surface area contributed by atoms with Crippen molar-refractivity contribution in [3.63, 3.8) is 0 Å². The number of nitrogens with zero attached hydrogens (tertiary/aromatic N) is 1. The van der Waals surface area contributed by atoms with E-state index in [0.29, 0.717) is 0 Å². The molecule has 2 heteroatoms. The summed E-state index contributed by atoms with van der Waals surface area (Å²) in [6.07, 6.45) is 3.97. The summed E-state index contributed by atoms with van der Waals surface area (Å²) in [6, 6.07) is 0.784. The molecule has 0 radical (unpaired) electrons. The molecule has 1 N–H and O–H groups in total. The van der Waals surface area contributed by atoms with E-state index in [4.69, 9.17) is 0 Å². The summed E-state index contributed by atoms with van der Waals surface area (Å²) in [5.41, 5.74) is 0. The lowest BCUT2D eigenvalue weighted by molar-refractivity contribution is 0.203. The van der Waals surface area contributed by atoms with Crippen LogP contribution in [-0.4, -0.2) is 37.1 Å². The zero-order valence-electron chi connectivity index (χ0n) is 10.1. The number of piperidine rings is 1. The zero-order valence-corrected chi connectivity index (χ0v) is 10.1. The summed E-state index contributed by atoms with van der Waals surface area (Å²) in [6.45, 7) is 11.8. The van der Waals surface area contributed by atoms with Gasteiger partial charge in [0.2, 0.25) is 0 Å². The molecule has 0 aromatic heterocycles. The predicted molar refractivity (Wildman–Crippen MR) is 62.6 cm³/mol. The average molecular weight is 198 g/mol. The first-order valence-electron chi connectivity index (χ1n) is 6.22. The molecule has 1 aliphatic rings. The number of hydrogen-bond acceptors (Lipinski definition) is 2. The summed E-state index contributed by atoms with van der Waals surface area (Å²) >= 11 is 0. The molecular weight excluding hydrogens is 172 g/mol. The van der Waals surface area contributed by atoms with Crippen molar-refractivity contribution in [3.8, 4) is 0 Å². The Kier molecular flexibility index (Phi) is 5.49. The van der Waals surface area contributed by atoms with Gasteiger partial charge in [-0.2, -0.15) is 0 Å². The lowest BCUT2D eigenvalue weighted by atomic mass is 10.0. The molecule has 1 heterocycles. The normalized spacial score (nSPS) is 22.5. The Morgan fingerprint density at radius 1 is 1.29 bits per heavy atom. The van der Waals surface area contributed by atoms with Crippen LogP contribution < -0.4 is 5.32 Å². The highest BCUT2D eigenvalue weighted by molar-refractivity contribution is 4.76. The Hall–Kier alpha value is -0.0800. The van der Waals surface area contributed by atoms with Gasteiger partial charge < -0.3 is 10.2 Å². The Bertz CT molecular complexity index is 139. The average Bonchev–Trinajstić information content (AvgIpc) is 2.26. The fraction of sp³-hybridized carbons (Fsp3) is 1.00. The quantitative estimate of drug-likeness (QED) is 0.728. The highest BCUT2D eigenvalue weighted by Crippen LogP contribution is 2.10. The second kappa shape index (κ2) is 6.41. The van der Waals surface area contributed by atoms with Crippen LogP contribution in [0.25, 0.3) is 0 Å². The van der Waals surface area contributed by atoms with E-state index in [-0.39, 0.29) is 0 Å². The summed E-state index contributed by atoms with van der Waals surface area (Å²) in [4.78, 5) is 2.54. The standard InChI is InChI=1S/C12H26N2/c1-4-11(3)10-13-12-6-8-14(5-2)9-7-12/h11-13H,4-10H2,1-3H3. The van der Waals surface area contributed by atoms with Gasteiger partial charge in [-0.15, -0.1) is 0 Å². The largest absolute Gasteiger partial charge is 0.314 e. The monoisotopic (exact) mass is 198 g/mol. The smallest absolute Gasteiger partial charge is 0.00915 e. The lowest BCUT2D eigenvalue weighted by Crippen LogP contribution is -2.43. The van der Waals surface area contributed by atoms with E-state index in [2.05, 4.69) is 31.0 Å². The van der Waals surface area contributed by atoms with Crippen LogP contribution in [0.2, 0.25) is 0 Å². The molecule has 1 atom stereocenters. The van der Waals surface area contributed by atoms with Crippen molar-refractivity contribution in [2.45, 2.75) is 46.1 Å². The molecule has 0 spiro atoms. The second-order valence-electron chi connectivity index (χ2n) is 4.63. The number of likely N-dealkylation sites (tertiary alicyclic amines) is 1. The molecule has 1 aliphatic heterocycles. The van der Waals surface area contributed by atoms with Crippen molar-refractivity contribution in [3.05, 3.63) is 0 Å². The summed E-state index contributed by atoms with van der Waals surface area (Å²) in [5, 5.41) is 3.69. The van der Waals surface area contributed by atoms with Crippen LogP contribution in [0.4, 0.5) is 0 Å². The first-order chi connectivity index (χ1) is 6.76. The van der Waals surface area contributed by atoms with Gasteiger partial charge >= 0.3 is 0 Å². The maximum atomic E-state index is 3.69. The van der Waals surface area contributed by atoms with E-state index in [9.17, 15) is 0 Å². The van der Waals surface area contributed by atoms with Gasteiger partial charge in [-0.05, 0) is 44.9 Å². The van der Waals surface area contributed by atoms with Crippen molar-refractivity contribution in [2.24, 2.45) is 5.92 Å². The molecule has 1 saturated heterocycles. The molecule has 0 aromatic rings. The molecule has 0 amide bonds. The van der Waals surface area contributed by atoms with Crippen LogP contribution in [0.1, 0.15) is 40.0 Å². The third-order valence-corrected chi connectivity index (χ3v) is 3.49. The highest BCUT2D eigenvalue weighted by Gasteiger charge is 2.17. The molecular formula is C12H26N2. The maximum absolute atomic E-state index is 3.69. The van der Waals surface area contributed by atoms with Crippen LogP contribution in [0.5, 0.6) is 0 Å². The number of nitrogens with one attached hydrogen (secondary N) is 1. The molecule has 84 valence electrons. The van der Waals surface area contributed by atoms with Gasteiger partial charge in [-0.25, -0.2) is 0 Å². The van der Waals surface area contributed by atoms with Gasteiger partial charge in [-0.1, -0.05) is 27.2 Å². The first kappa shape index (κ1) is 12.0.